The van der Waals surface area contributed by atoms with E-state index in [9.17, 15) is 4.79 Å². The van der Waals surface area contributed by atoms with Crippen LogP contribution in [-0.4, -0.2) is 30.0 Å². The predicted molar refractivity (Wildman–Crippen MR) is 118 cm³/mol. The van der Waals surface area contributed by atoms with Gasteiger partial charge in [-0.05, 0) is 56.0 Å². The molecule has 4 aromatic heterocycles. The normalized spacial score (nSPS) is 11.4. The number of fused-ring (bicyclic) bond motifs is 1. The molecule has 0 fully saturated rings. The van der Waals surface area contributed by atoms with E-state index in [0.717, 1.165) is 10.9 Å². The minimum atomic E-state index is -0.274. The molecule has 0 bridgehead atoms. The highest BCUT2D eigenvalue weighted by Crippen LogP contribution is 2.26. The first-order valence-corrected chi connectivity index (χ1v) is 9.63. The lowest BCUT2D eigenvalue weighted by atomic mass is 10.1. The van der Waals surface area contributed by atoms with Crippen LogP contribution in [0.2, 0.25) is 0 Å². The Hall–Kier alpha value is -3.81. The van der Waals surface area contributed by atoms with Gasteiger partial charge in [-0.15, -0.1) is 0 Å². The van der Waals surface area contributed by atoms with Gasteiger partial charge in [0.1, 0.15) is 17.5 Å². The molecule has 30 heavy (non-hydrogen) atoms. The second kappa shape index (κ2) is 7.90. The monoisotopic (exact) mass is 401 g/mol. The van der Waals surface area contributed by atoms with Crippen LogP contribution in [0.3, 0.4) is 0 Å². The first kappa shape index (κ1) is 19.5. The van der Waals surface area contributed by atoms with Crippen molar-refractivity contribution >= 4 is 28.2 Å². The van der Waals surface area contributed by atoms with E-state index in [2.05, 4.69) is 30.6 Å². The molecule has 0 unspecified atom stereocenters. The smallest absolute Gasteiger partial charge is 0.262 e. The quantitative estimate of drug-likeness (QED) is 0.527. The summed E-state index contributed by atoms with van der Waals surface area (Å²) in [5.41, 5.74) is 0.629. The van der Waals surface area contributed by atoms with E-state index in [0.29, 0.717) is 29.4 Å². The second-order valence-electron chi connectivity index (χ2n) is 8.02. The molecule has 152 valence electrons. The van der Waals surface area contributed by atoms with Crippen LogP contribution >= 0.6 is 0 Å². The van der Waals surface area contributed by atoms with Crippen molar-refractivity contribution < 1.29 is 0 Å². The van der Waals surface area contributed by atoms with Gasteiger partial charge in [0.2, 0.25) is 0 Å². The number of nitrogens with zero attached hydrogens (tertiary/aromatic N) is 5. The first-order valence-electron chi connectivity index (χ1n) is 9.63. The van der Waals surface area contributed by atoms with Crippen molar-refractivity contribution in [2.24, 2.45) is 0 Å². The molecule has 0 aliphatic heterocycles. The zero-order chi connectivity index (χ0) is 21.1. The van der Waals surface area contributed by atoms with Gasteiger partial charge in [0, 0.05) is 36.5 Å². The van der Waals surface area contributed by atoms with Crippen LogP contribution in [0.5, 0.6) is 0 Å². The van der Waals surface area contributed by atoms with Crippen LogP contribution in [-0.2, 0) is 6.54 Å². The van der Waals surface area contributed by atoms with Crippen molar-refractivity contribution in [3.05, 3.63) is 77.4 Å². The number of hydrogen-bond donors (Lipinski definition) is 2. The fraction of sp³-hybridized carbons (Fsp3) is 0.227. The van der Waals surface area contributed by atoms with E-state index in [4.69, 9.17) is 0 Å². The fourth-order valence-electron chi connectivity index (χ4n) is 3.12. The highest BCUT2D eigenvalue weighted by Gasteiger charge is 2.17. The molecule has 0 spiro atoms. The van der Waals surface area contributed by atoms with E-state index in [1.54, 1.807) is 41.7 Å². The van der Waals surface area contributed by atoms with Gasteiger partial charge in [0.05, 0.1) is 18.1 Å². The van der Waals surface area contributed by atoms with Crippen molar-refractivity contribution in [1.29, 1.82) is 0 Å². The summed E-state index contributed by atoms with van der Waals surface area (Å²) in [5, 5.41) is 7.87. The summed E-state index contributed by atoms with van der Waals surface area (Å²) < 4.78 is 1.68. The molecular formula is C22H23N7O. The van der Waals surface area contributed by atoms with Crippen molar-refractivity contribution in [2.75, 3.05) is 10.6 Å². The second-order valence-corrected chi connectivity index (χ2v) is 8.02. The Labute approximate surface area is 174 Å². The maximum absolute atomic E-state index is 13.3. The highest BCUT2D eigenvalue weighted by atomic mass is 16.1. The van der Waals surface area contributed by atoms with E-state index >= 15 is 0 Å². The Bertz CT molecular complexity index is 1220. The van der Waals surface area contributed by atoms with Crippen molar-refractivity contribution in [2.45, 2.75) is 32.9 Å². The molecule has 8 heteroatoms. The number of aromatic nitrogens is 5. The molecule has 4 heterocycles. The number of nitrogens with one attached hydrogen (secondary N) is 2. The molecular weight excluding hydrogens is 378 g/mol. The summed E-state index contributed by atoms with van der Waals surface area (Å²) in [6.45, 7) is 6.55. The fourth-order valence-corrected chi connectivity index (χ4v) is 3.12. The Morgan fingerprint density at radius 1 is 1.00 bits per heavy atom. The Kier molecular flexibility index (Phi) is 5.14. The molecule has 0 aromatic carbocycles. The third-order valence-electron chi connectivity index (χ3n) is 4.37. The molecule has 0 aliphatic rings. The van der Waals surface area contributed by atoms with E-state index in [-0.39, 0.29) is 11.1 Å². The van der Waals surface area contributed by atoms with Gasteiger partial charge in [0.25, 0.3) is 5.56 Å². The molecule has 0 radical (unpaired) electrons. The highest BCUT2D eigenvalue weighted by molar-refractivity contribution is 5.93. The minimum absolute atomic E-state index is 0.102. The maximum Gasteiger partial charge on any atom is 0.262 e. The molecule has 0 atom stereocenters. The molecule has 0 amide bonds. The molecule has 4 aromatic rings. The Morgan fingerprint density at radius 3 is 2.50 bits per heavy atom. The van der Waals surface area contributed by atoms with Crippen LogP contribution in [0.15, 0.2) is 66.2 Å². The largest absolute Gasteiger partial charge is 0.365 e. The SMILES string of the molecule is CC(C)(C)Nc1nc(Nc2cnccn2)cc2ccn(Cc3ccncc3)c(=O)c12. The summed E-state index contributed by atoms with van der Waals surface area (Å²) in [7, 11) is 0. The minimum Gasteiger partial charge on any atom is -0.365 e. The van der Waals surface area contributed by atoms with Gasteiger partial charge in [0.15, 0.2) is 0 Å². The number of pyridine rings is 3. The van der Waals surface area contributed by atoms with Crippen LogP contribution < -0.4 is 16.2 Å². The standard InChI is InChI=1S/C22H23N7O/c1-22(2,3)28-20-19-16(12-17(27-20)26-18-13-24-9-10-25-18)6-11-29(21(19)30)14-15-4-7-23-8-5-15/h4-13H,14H2,1-3H3,(H2,25,26,27,28). The summed E-state index contributed by atoms with van der Waals surface area (Å²) >= 11 is 0. The lowest BCUT2D eigenvalue weighted by Gasteiger charge is -2.23. The molecule has 0 saturated heterocycles. The third kappa shape index (κ3) is 4.43. The lowest BCUT2D eigenvalue weighted by molar-refractivity contribution is 0.631. The van der Waals surface area contributed by atoms with Gasteiger partial charge in [-0.1, -0.05) is 0 Å². The van der Waals surface area contributed by atoms with Gasteiger partial charge < -0.3 is 15.2 Å². The average Bonchev–Trinajstić information content (AvgIpc) is 2.70. The van der Waals surface area contributed by atoms with Crippen molar-refractivity contribution in [3.63, 3.8) is 0 Å². The maximum atomic E-state index is 13.3. The molecule has 4 rings (SSSR count). The average molecular weight is 401 g/mol. The third-order valence-corrected chi connectivity index (χ3v) is 4.37. The molecule has 0 aliphatic carbocycles. The zero-order valence-electron chi connectivity index (χ0n) is 17.1. The summed E-state index contributed by atoms with van der Waals surface area (Å²) in [4.78, 5) is 30.3. The first-order chi connectivity index (χ1) is 14.4. The van der Waals surface area contributed by atoms with Crippen molar-refractivity contribution in [1.82, 2.24) is 24.5 Å². The molecule has 2 N–H and O–H groups in total. The van der Waals surface area contributed by atoms with Crippen LogP contribution in [0.25, 0.3) is 10.8 Å². The summed E-state index contributed by atoms with van der Waals surface area (Å²) in [6.07, 6.45) is 10.1. The predicted octanol–water partition coefficient (Wildman–Crippen LogP) is 3.58. The Balaban J connectivity index is 1.81. The van der Waals surface area contributed by atoms with Crippen LogP contribution in [0.4, 0.5) is 17.5 Å². The van der Waals surface area contributed by atoms with E-state index in [1.807, 2.05) is 45.0 Å². The van der Waals surface area contributed by atoms with Crippen LogP contribution in [0, 0.1) is 0 Å². The lowest BCUT2D eigenvalue weighted by Crippen LogP contribution is -2.29. The van der Waals surface area contributed by atoms with Crippen molar-refractivity contribution in [3.8, 4) is 0 Å². The number of rotatable bonds is 5. The van der Waals surface area contributed by atoms with Gasteiger partial charge >= 0.3 is 0 Å². The van der Waals surface area contributed by atoms with Gasteiger partial charge in [-0.25, -0.2) is 9.97 Å². The topological polar surface area (TPSA) is 97.6 Å². The molecule has 8 nitrogen and oxygen atoms in total. The number of hydrogen-bond acceptors (Lipinski definition) is 7. The van der Waals surface area contributed by atoms with Gasteiger partial charge in [-0.3, -0.25) is 14.8 Å². The molecule has 0 saturated carbocycles. The van der Waals surface area contributed by atoms with Gasteiger partial charge in [-0.2, -0.15) is 0 Å². The Morgan fingerprint density at radius 2 is 1.80 bits per heavy atom. The van der Waals surface area contributed by atoms with Crippen LogP contribution in [0.1, 0.15) is 26.3 Å². The van der Waals surface area contributed by atoms with E-state index < -0.39 is 0 Å². The van der Waals surface area contributed by atoms with E-state index in [1.165, 1.54) is 0 Å². The zero-order valence-corrected chi connectivity index (χ0v) is 17.1. The number of anilines is 3. The summed E-state index contributed by atoms with van der Waals surface area (Å²) in [5.74, 6) is 1.69. The summed E-state index contributed by atoms with van der Waals surface area (Å²) in [6, 6.07) is 7.57.